The van der Waals surface area contributed by atoms with Gasteiger partial charge < -0.3 is 10.1 Å². The maximum atomic E-state index is 12.5. The zero-order valence-corrected chi connectivity index (χ0v) is 14.1. The van der Waals surface area contributed by atoms with Gasteiger partial charge in [0.15, 0.2) is 0 Å². The first-order valence-corrected chi connectivity index (χ1v) is 8.62. The van der Waals surface area contributed by atoms with Gasteiger partial charge >= 0.3 is 0 Å². The lowest BCUT2D eigenvalue weighted by molar-refractivity contribution is -0.119. The van der Waals surface area contributed by atoms with Gasteiger partial charge in [0.1, 0.15) is 5.76 Å². The van der Waals surface area contributed by atoms with E-state index in [4.69, 9.17) is 4.74 Å². The molecule has 0 bridgehead atoms. The average Bonchev–Trinajstić information content (AvgIpc) is 2.84. The standard InChI is InChI=1S/C18H31NO2/c1-12(2)11-13(3)15-7-5-6-8-17(15)19-18(20)16-9-10-21-14(16)4/h12-13,15,17H,5-11H2,1-4H3,(H,19,20). The largest absolute Gasteiger partial charge is 0.497 e. The molecule has 0 aromatic heterocycles. The minimum absolute atomic E-state index is 0.110. The summed E-state index contributed by atoms with van der Waals surface area (Å²) in [5.41, 5.74) is 0.857. The van der Waals surface area contributed by atoms with Crippen molar-refractivity contribution in [2.75, 3.05) is 6.61 Å². The lowest BCUT2D eigenvalue weighted by atomic mass is 9.74. The molecule has 1 saturated carbocycles. The number of carbonyl (C=O) groups is 1. The fraction of sp³-hybridized carbons (Fsp3) is 0.833. The number of hydrogen-bond donors (Lipinski definition) is 1. The number of ether oxygens (including phenoxy) is 1. The van der Waals surface area contributed by atoms with Gasteiger partial charge in [-0.1, -0.05) is 33.6 Å². The van der Waals surface area contributed by atoms with Crippen molar-refractivity contribution >= 4 is 5.91 Å². The molecule has 0 saturated heterocycles. The molecular formula is C18H31NO2. The molecule has 3 heteroatoms. The number of nitrogens with one attached hydrogen (secondary N) is 1. The monoisotopic (exact) mass is 293 g/mol. The summed E-state index contributed by atoms with van der Waals surface area (Å²) in [7, 11) is 0. The minimum atomic E-state index is 0.110. The molecule has 3 atom stereocenters. The van der Waals surface area contributed by atoms with Crippen molar-refractivity contribution in [1.29, 1.82) is 0 Å². The Hall–Kier alpha value is -0.990. The molecule has 0 aromatic carbocycles. The van der Waals surface area contributed by atoms with E-state index in [9.17, 15) is 4.79 Å². The molecule has 2 aliphatic rings. The van der Waals surface area contributed by atoms with Gasteiger partial charge in [-0.3, -0.25) is 4.79 Å². The molecule has 1 heterocycles. The number of hydrogen-bond acceptors (Lipinski definition) is 2. The summed E-state index contributed by atoms with van der Waals surface area (Å²) in [6, 6.07) is 0.348. The Balaban J connectivity index is 1.98. The zero-order chi connectivity index (χ0) is 15.4. The van der Waals surface area contributed by atoms with Crippen molar-refractivity contribution in [1.82, 2.24) is 5.32 Å². The third kappa shape index (κ3) is 4.24. The number of allylic oxidation sites excluding steroid dienone is 1. The van der Waals surface area contributed by atoms with Crippen LogP contribution < -0.4 is 5.32 Å². The second kappa shape index (κ2) is 7.33. The lowest BCUT2D eigenvalue weighted by Gasteiger charge is -2.37. The first-order valence-electron chi connectivity index (χ1n) is 8.62. The Morgan fingerprint density at radius 1 is 1.29 bits per heavy atom. The first kappa shape index (κ1) is 16.4. The van der Waals surface area contributed by atoms with Crippen molar-refractivity contribution in [3.05, 3.63) is 11.3 Å². The number of amides is 1. The molecule has 120 valence electrons. The molecule has 1 amide bonds. The Kier molecular flexibility index (Phi) is 5.72. The Labute approximate surface area is 129 Å². The Morgan fingerprint density at radius 3 is 2.62 bits per heavy atom. The number of rotatable bonds is 5. The van der Waals surface area contributed by atoms with Crippen LogP contribution in [0, 0.1) is 17.8 Å². The number of carbonyl (C=O) groups excluding carboxylic acids is 1. The molecule has 1 aliphatic carbocycles. The Bertz CT molecular complexity index is 400. The third-order valence-electron chi connectivity index (χ3n) is 5.08. The van der Waals surface area contributed by atoms with Gasteiger partial charge in [0.25, 0.3) is 5.91 Å². The van der Waals surface area contributed by atoms with Crippen LogP contribution in [0.2, 0.25) is 0 Å². The highest BCUT2D eigenvalue weighted by Gasteiger charge is 2.32. The quantitative estimate of drug-likeness (QED) is 0.831. The summed E-state index contributed by atoms with van der Waals surface area (Å²) in [4.78, 5) is 12.5. The van der Waals surface area contributed by atoms with E-state index in [2.05, 4.69) is 26.1 Å². The summed E-state index contributed by atoms with van der Waals surface area (Å²) in [6.07, 6.45) is 6.95. The van der Waals surface area contributed by atoms with E-state index in [1.807, 2.05) is 6.92 Å². The fourth-order valence-electron chi connectivity index (χ4n) is 4.04. The SMILES string of the molecule is CC1=C(C(=O)NC2CCCCC2C(C)CC(C)C)CCO1. The van der Waals surface area contributed by atoms with E-state index in [0.29, 0.717) is 24.5 Å². The summed E-state index contributed by atoms with van der Waals surface area (Å²) < 4.78 is 5.42. The second-order valence-corrected chi connectivity index (χ2v) is 7.27. The molecule has 3 unspecified atom stereocenters. The van der Waals surface area contributed by atoms with Crippen LogP contribution in [0.4, 0.5) is 0 Å². The highest BCUT2D eigenvalue weighted by atomic mass is 16.5. The summed E-state index contributed by atoms with van der Waals surface area (Å²) in [6.45, 7) is 9.50. The van der Waals surface area contributed by atoms with Crippen LogP contribution in [0.15, 0.2) is 11.3 Å². The first-order chi connectivity index (χ1) is 9.99. The summed E-state index contributed by atoms with van der Waals surface area (Å²) >= 11 is 0. The van der Waals surface area contributed by atoms with E-state index in [-0.39, 0.29) is 5.91 Å². The van der Waals surface area contributed by atoms with Crippen molar-refractivity contribution in [2.24, 2.45) is 17.8 Å². The fourth-order valence-corrected chi connectivity index (χ4v) is 4.04. The highest BCUT2D eigenvalue weighted by Crippen LogP contribution is 2.34. The van der Waals surface area contributed by atoms with Crippen LogP contribution in [0.25, 0.3) is 0 Å². The van der Waals surface area contributed by atoms with Gasteiger partial charge in [-0.15, -0.1) is 0 Å². The van der Waals surface area contributed by atoms with Gasteiger partial charge in [-0.2, -0.15) is 0 Å². The third-order valence-corrected chi connectivity index (χ3v) is 5.08. The predicted octanol–water partition coefficient (Wildman–Crippen LogP) is 4.04. The van der Waals surface area contributed by atoms with E-state index in [0.717, 1.165) is 30.1 Å². The van der Waals surface area contributed by atoms with Gasteiger partial charge in [-0.25, -0.2) is 0 Å². The van der Waals surface area contributed by atoms with Crippen molar-refractivity contribution in [3.63, 3.8) is 0 Å². The van der Waals surface area contributed by atoms with Crippen molar-refractivity contribution < 1.29 is 9.53 Å². The molecule has 1 N–H and O–H groups in total. The topological polar surface area (TPSA) is 38.3 Å². The molecule has 1 fully saturated rings. The Morgan fingerprint density at radius 2 is 2.00 bits per heavy atom. The van der Waals surface area contributed by atoms with E-state index < -0.39 is 0 Å². The maximum absolute atomic E-state index is 12.5. The van der Waals surface area contributed by atoms with Crippen molar-refractivity contribution in [2.45, 2.75) is 72.3 Å². The maximum Gasteiger partial charge on any atom is 0.250 e. The minimum Gasteiger partial charge on any atom is -0.497 e. The molecule has 0 spiro atoms. The molecule has 3 nitrogen and oxygen atoms in total. The lowest BCUT2D eigenvalue weighted by Crippen LogP contribution is -2.45. The van der Waals surface area contributed by atoms with Gasteiger partial charge in [-0.05, 0) is 43.9 Å². The normalized spacial score (nSPS) is 27.7. The highest BCUT2D eigenvalue weighted by molar-refractivity contribution is 5.94. The van der Waals surface area contributed by atoms with Gasteiger partial charge in [0, 0.05) is 12.5 Å². The molecule has 0 aromatic rings. The summed E-state index contributed by atoms with van der Waals surface area (Å²) in [5.74, 6) is 2.97. The van der Waals surface area contributed by atoms with E-state index in [1.165, 1.54) is 25.7 Å². The second-order valence-electron chi connectivity index (χ2n) is 7.27. The summed E-state index contributed by atoms with van der Waals surface area (Å²) in [5, 5.41) is 3.32. The van der Waals surface area contributed by atoms with E-state index in [1.54, 1.807) is 0 Å². The predicted molar refractivity (Wildman–Crippen MR) is 85.8 cm³/mol. The molecular weight excluding hydrogens is 262 g/mol. The van der Waals surface area contributed by atoms with Crippen LogP contribution in [-0.2, 0) is 9.53 Å². The molecule has 21 heavy (non-hydrogen) atoms. The molecule has 0 radical (unpaired) electrons. The van der Waals surface area contributed by atoms with Crippen LogP contribution >= 0.6 is 0 Å². The smallest absolute Gasteiger partial charge is 0.250 e. The van der Waals surface area contributed by atoms with Crippen LogP contribution in [0.5, 0.6) is 0 Å². The van der Waals surface area contributed by atoms with Gasteiger partial charge in [0.05, 0.1) is 12.2 Å². The molecule has 1 aliphatic heterocycles. The molecule has 2 rings (SSSR count). The average molecular weight is 293 g/mol. The van der Waals surface area contributed by atoms with Crippen molar-refractivity contribution in [3.8, 4) is 0 Å². The van der Waals surface area contributed by atoms with E-state index >= 15 is 0 Å². The zero-order valence-electron chi connectivity index (χ0n) is 14.1. The van der Waals surface area contributed by atoms with Crippen LogP contribution in [-0.4, -0.2) is 18.6 Å². The van der Waals surface area contributed by atoms with Crippen LogP contribution in [0.1, 0.15) is 66.2 Å². The van der Waals surface area contributed by atoms with Crippen LogP contribution in [0.3, 0.4) is 0 Å². The van der Waals surface area contributed by atoms with Gasteiger partial charge in [0.2, 0.25) is 0 Å².